The van der Waals surface area contributed by atoms with E-state index in [9.17, 15) is 4.39 Å². The van der Waals surface area contributed by atoms with E-state index in [1.165, 1.54) is 17.7 Å². The van der Waals surface area contributed by atoms with E-state index in [1.807, 2.05) is 24.4 Å². The Morgan fingerprint density at radius 2 is 1.75 bits per heavy atom. The molecule has 0 unspecified atom stereocenters. The van der Waals surface area contributed by atoms with Crippen LogP contribution >= 0.6 is 0 Å². The molecule has 3 rings (SSSR count). The number of benzene rings is 1. The van der Waals surface area contributed by atoms with Gasteiger partial charge in [0, 0.05) is 50.8 Å². The van der Waals surface area contributed by atoms with Crippen LogP contribution in [0.25, 0.3) is 0 Å². The molecular weight excluding hydrogens is 253 g/mol. The highest BCUT2D eigenvalue weighted by Gasteiger charge is 2.17. The fourth-order valence-electron chi connectivity index (χ4n) is 2.57. The summed E-state index contributed by atoms with van der Waals surface area (Å²) in [5, 5.41) is 0. The van der Waals surface area contributed by atoms with E-state index >= 15 is 0 Å². The van der Waals surface area contributed by atoms with Crippen LogP contribution in [0, 0.1) is 5.82 Å². The van der Waals surface area contributed by atoms with Crippen molar-refractivity contribution < 1.29 is 4.39 Å². The summed E-state index contributed by atoms with van der Waals surface area (Å²) >= 11 is 0. The Balaban J connectivity index is 1.55. The monoisotopic (exact) mass is 271 g/mol. The second kappa shape index (κ2) is 6.01. The van der Waals surface area contributed by atoms with Gasteiger partial charge >= 0.3 is 0 Å². The zero-order valence-corrected chi connectivity index (χ0v) is 11.4. The summed E-state index contributed by atoms with van der Waals surface area (Å²) in [6, 6.07) is 10.8. The number of aromatic nitrogens is 1. The Bertz CT molecular complexity index is 533. The van der Waals surface area contributed by atoms with Crippen LogP contribution in [0.4, 0.5) is 10.1 Å². The molecule has 0 bridgehead atoms. The first-order chi connectivity index (χ1) is 9.81. The maximum atomic E-state index is 12.9. The number of rotatable bonds is 3. The Labute approximate surface area is 118 Å². The lowest BCUT2D eigenvalue weighted by molar-refractivity contribution is 0.249. The van der Waals surface area contributed by atoms with Crippen molar-refractivity contribution in [3.8, 4) is 0 Å². The van der Waals surface area contributed by atoms with Gasteiger partial charge in [-0.3, -0.25) is 9.88 Å². The lowest BCUT2D eigenvalue weighted by Crippen LogP contribution is -2.45. The highest BCUT2D eigenvalue weighted by Crippen LogP contribution is 2.17. The average molecular weight is 271 g/mol. The van der Waals surface area contributed by atoms with Crippen molar-refractivity contribution in [1.82, 2.24) is 9.88 Å². The third kappa shape index (κ3) is 3.14. The fourth-order valence-corrected chi connectivity index (χ4v) is 2.57. The molecule has 0 N–H and O–H groups in total. The van der Waals surface area contributed by atoms with Crippen LogP contribution in [-0.2, 0) is 6.54 Å². The molecule has 0 radical (unpaired) electrons. The van der Waals surface area contributed by atoms with Gasteiger partial charge in [0.1, 0.15) is 5.82 Å². The predicted molar refractivity (Wildman–Crippen MR) is 78.1 cm³/mol. The predicted octanol–water partition coefficient (Wildman–Crippen LogP) is 2.54. The molecule has 1 aliphatic rings. The van der Waals surface area contributed by atoms with Gasteiger partial charge in [-0.15, -0.1) is 0 Å². The number of pyridine rings is 1. The highest BCUT2D eigenvalue weighted by atomic mass is 19.1. The van der Waals surface area contributed by atoms with Gasteiger partial charge in [-0.05, 0) is 35.9 Å². The van der Waals surface area contributed by atoms with Crippen molar-refractivity contribution in [1.29, 1.82) is 0 Å². The van der Waals surface area contributed by atoms with Gasteiger partial charge in [0.05, 0.1) is 0 Å². The van der Waals surface area contributed by atoms with E-state index in [0.717, 1.165) is 38.4 Å². The normalized spacial score (nSPS) is 16.4. The third-order valence-electron chi connectivity index (χ3n) is 3.69. The summed E-state index contributed by atoms with van der Waals surface area (Å²) in [6.07, 6.45) is 3.72. The molecule has 1 saturated heterocycles. The number of hydrogen-bond acceptors (Lipinski definition) is 3. The molecule has 0 amide bonds. The summed E-state index contributed by atoms with van der Waals surface area (Å²) in [6.45, 7) is 4.95. The van der Waals surface area contributed by atoms with Gasteiger partial charge in [0.15, 0.2) is 0 Å². The average Bonchev–Trinajstić information content (AvgIpc) is 2.50. The quantitative estimate of drug-likeness (QED) is 0.855. The first kappa shape index (κ1) is 13.1. The van der Waals surface area contributed by atoms with Gasteiger partial charge < -0.3 is 4.90 Å². The Kier molecular flexibility index (Phi) is 3.92. The molecule has 3 nitrogen and oxygen atoms in total. The lowest BCUT2D eigenvalue weighted by atomic mass is 10.2. The Morgan fingerprint density at radius 1 is 1.00 bits per heavy atom. The highest BCUT2D eigenvalue weighted by molar-refractivity contribution is 5.46. The molecular formula is C16H18FN3. The van der Waals surface area contributed by atoms with E-state index in [4.69, 9.17) is 0 Å². The fraction of sp³-hybridized carbons (Fsp3) is 0.312. The molecule has 20 heavy (non-hydrogen) atoms. The number of nitrogens with zero attached hydrogens (tertiary/aromatic N) is 3. The van der Waals surface area contributed by atoms with Crippen molar-refractivity contribution in [3.63, 3.8) is 0 Å². The van der Waals surface area contributed by atoms with Crippen LogP contribution in [-0.4, -0.2) is 36.1 Å². The van der Waals surface area contributed by atoms with Crippen LogP contribution in [0.2, 0.25) is 0 Å². The molecule has 0 spiro atoms. The Morgan fingerprint density at radius 3 is 2.40 bits per heavy atom. The molecule has 1 fully saturated rings. The minimum atomic E-state index is -0.177. The first-order valence-electron chi connectivity index (χ1n) is 6.93. The smallest absolute Gasteiger partial charge is 0.123 e. The molecule has 1 aromatic heterocycles. The Hall–Kier alpha value is -1.94. The largest absolute Gasteiger partial charge is 0.369 e. The summed E-state index contributed by atoms with van der Waals surface area (Å²) in [5.74, 6) is -0.177. The summed E-state index contributed by atoms with van der Waals surface area (Å²) in [4.78, 5) is 8.88. The first-order valence-corrected chi connectivity index (χ1v) is 6.93. The molecule has 0 atom stereocenters. The van der Waals surface area contributed by atoms with Crippen molar-refractivity contribution in [2.24, 2.45) is 0 Å². The van der Waals surface area contributed by atoms with Crippen LogP contribution in [0.1, 0.15) is 5.56 Å². The third-order valence-corrected chi connectivity index (χ3v) is 3.69. The second-order valence-electron chi connectivity index (χ2n) is 5.10. The van der Waals surface area contributed by atoms with Crippen molar-refractivity contribution in [2.45, 2.75) is 6.54 Å². The van der Waals surface area contributed by atoms with Gasteiger partial charge in [0.25, 0.3) is 0 Å². The molecule has 2 heterocycles. The molecule has 1 aromatic carbocycles. The van der Waals surface area contributed by atoms with Gasteiger partial charge in [-0.25, -0.2) is 4.39 Å². The molecule has 1 aliphatic heterocycles. The zero-order valence-electron chi connectivity index (χ0n) is 11.4. The summed E-state index contributed by atoms with van der Waals surface area (Å²) < 4.78 is 12.9. The SMILES string of the molecule is Fc1ccc(N2CCN(Cc3cccnc3)CC2)cc1. The zero-order chi connectivity index (χ0) is 13.8. The topological polar surface area (TPSA) is 19.4 Å². The maximum absolute atomic E-state index is 12.9. The molecule has 104 valence electrons. The molecule has 2 aromatic rings. The van der Waals surface area contributed by atoms with E-state index in [-0.39, 0.29) is 5.82 Å². The molecule has 4 heteroatoms. The summed E-state index contributed by atoms with van der Waals surface area (Å²) in [5.41, 5.74) is 2.36. The van der Waals surface area contributed by atoms with Gasteiger partial charge in [0.2, 0.25) is 0 Å². The minimum Gasteiger partial charge on any atom is -0.369 e. The number of halogens is 1. The van der Waals surface area contributed by atoms with Crippen molar-refractivity contribution in [2.75, 3.05) is 31.1 Å². The van der Waals surface area contributed by atoms with Crippen LogP contribution < -0.4 is 4.90 Å². The van der Waals surface area contributed by atoms with E-state index < -0.39 is 0 Å². The van der Waals surface area contributed by atoms with Gasteiger partial charge in [-0.1, -0.05) is 6.07 Å². The summed E-state index contributed by atoms with van der Waals surface area (Å²) in [7, 11) is 0. The van der Waals surface area contributed by atoms with E-state index in [2.05, 4.69) is 20.9 Å². The van der Waals surface area contributed by atoms with Crippen molar-refractivity contribution >= 4 is 5.69 Å². The second-order valence-corrected chi connectivity index (χ2v) is 5.10. The van der Waals surface area contributed by atoms with E-state index in [0.29, 0.717) is 0 Å². The minimum absolute atomic E-state index is 0.177. The standard InChI is InChI=1S/C16H18FN3/c17-15-3-5-16(6-4-15)20-10-8-19(9-11-20)13-14-2-1-7-18-12-14/h1-7,12H,8-11,13H2. The van der Waals surface area contributed by atoms with Crippen LogP contribution in [0.3, 0.4) is 0 Å². The van der Waals surface area contributed by atoms with Crippen LogP contribution in [0.15, 0.2) is 48.8 Å². The number of hydrogen-bond donors (Lipinski definition) is 0. The van der Waals surface area contributed by atoms with Crippen molar-refractivity contribution in [3.05, 3.63) is 60.2 Å². The van der Waals surface area contributed by atoms with Crippen LogP contribution in [0.5, 0.6) is 0 Å². The lowest BCUT2D eigenvalue weighted by Gasteiger charge is -2.36. The molecule has 0 saturated carbocycles. The molecule has 0 aliphatic carbocycles. The number of anilines is 1. The maximum Gasteiger partial charge on any atom is 0.123 e. The van der Waals surface area contributed by atoms with Gasteiger partial charge in [-0.2, -0.15) is 0 Å². The van der Waals surface area contributed by atoms with E-state index in [1.54, 1.807) is 6.20 Å². The number of piperazine rings is 1.